The molecule has 22 heavy (non-hydrogen) atoms. The maximum Gasteiger partial charge on any atom is 0.271 e. The first kappa shape index (κ1) is 15.5. The summed E-state index contributed by atoms with van der Waals surface area (Å²) in [6, 6.07) is 2.02. The van der Waals surface area contributed by atoms with Crippen LogP contribution in [0.25, 0.3) is 0 Å². The van der Waals surface area contributed by atoms with E-state index in [1.807, 2.05) is 7.05 Å². The molecule has 2 fully saturated rings. The third-order valence-corrected chi connectivity index (χ3v) is 4.60. The van der Waals surface area contributed by atoms with E-state index in [2.05, 4.69) is 15.3 Å². The highest BCUT2D eigenvalue weighted by atomic mass is 16.5. The van der Waals surface area contributed by atoms with Crippen molar-refractivity contribution in [2.75, 3.05) is 26.2 Å². The summed E-state index contributed by atoms with van der Waals surface area (Å²) in [5, 5.41) is 7.25. The average molecular weight is 306 g/mol. The number of carbonyl (C=O) groups is 1. The van der Waals surface area contributed by atoms with Crippen molar-refractivity contribution >= 4 is 5.91 Å². The van der Waals surface area contributed by atoms with Crippen LogP contribution in [-0.2, 0) is 11.8 Å². The summed E-state index contributed by atoms with van der Waals surface area (Å²) in [6.45, 7) is 4.03. The second kappa shape index (κ2) is 7.24. The van der Waals surface area contributed by atoms with Crippen molar-refractivity contribution in [3.8, 4) is 0 Å². The molecular formula is C16H26N4O2. The smallest absolute Gasteiger partial charge is 0.271 e. The number of likely N-dealkylation sites (tertiary alicyclic amines) is 1. The highest BCUT2D eigenvalue weighted by Gasteiger charge is 2.24. The van der Waals surface area contributed by atoms with Crippen LogP contribution in [0, 0.1) is 0 Å². The first-order valence-electron chi connectivity index (χ1n) is 8.35. The fourth-order valence-electron chi connectivity index (χ4n) is 3.29. The van der Waals surface area contributed by atoms with Crippen LogP contribution in [0.1, 0.15) is 42.6 Å². The van der Waals surface area contributed by atoms with Crippen LogP contribution in [0.4, 0.5) is 0 Å². The van der Waals surface area contributed by atoms with Crippen LogP contribution in [0.5, 0.6) is 0 Å². The first-order chi connectivity index (χ1) is 10.7. The number of rotatable bonds is 4. The van der Waals surface area contributed by atoms with E-state index >= 15 is 0 Å². The largest absolute Gasteiger partial charge is 0.377 e. The SMILES string of the molecule is Cn1ccc(C(=O)NC2CCN(CC3CCCCO3)CC2)n1. The lowest BCUT2D eigenvalue weighted by Gasteiger charge is -2.35. The Bertz CT molecular complexity index is 488. The third-order valence-electron chi connectivity index (χ3n) is 4.60. The van der Waals surface area contributed by atoms with Crippen molar-refractivity contribution in [3.05, 3.63) is 18.0 Å². The Kier molecular flexibility index (Phi) is 5.10. The Morgan fingerprint density at radius 2 is 2.18 bits per heavy atom. The summed E-state index contributed by atoms with van der Waals surface area (Å²) in [7, 11) is 1.82. The molecule has 3 rings (SSSR count). The quantitative estimate of drug-likeness (QED) is 0.907. The molecule has 0 spiro atoms. The molecule has 2 saturated heterocycles. The predicted molar refractivity (Wildman–Crippen MR) is 83.7 cm³/mol. The van der Waals surface area contributed by atoms with Gasteiger partial charge in [0.1, 0.15) is 5.69 Å². The van der Waals surface area contributed by atoms with E-state index in [1.165, 1.54) is 19.3 Å². The maximum absolute atomic E-state index is 12.1. The summed E-state index contributed by atoms with van der Waals surface area (Å²) in [5.41, 5.74) is 0.500. The van der Waals surface area contributed by atoms with Gasteiger partial charge in [-0.05, 0) is 38.2 Å². The molecule has 2 aliphatic heterocycles. The van der Waals surface area contributed by atoms with Crippen LogP contribution < -0.4 is 5.32 Å². The van der Waals surface area contributed by atoms with Gasteiger partial charge in [0.05, 0.1) is 6.10 Å². The minimum atomic E-state index is -0.0605. The highest BCUT2D eigenvalue weighted by Crippen LogP contribution is 2.17. The summed E-state index contributed by atoms with van der Waals surface area (Å²) in [5.74, 6) is -0.0605. The van der Waals surface area contributed by atoms with Gasteiger partial charge in [-0.15, -0.1) is 0 Å². The monoisotopic (exact) mass is 306 g/mol. The minimum Gasteiger partial charge on any atom is -0.377 e. The van der Waals surface area contributed by atoms with Gasteiger partial charge in [-0.1, -0.05) is 0 Å². The predicted octanol–water partition coefficient (Wildman–Crippen LogP) is 1.18. The zero-order valence-corrected chi connectivity index (χ0v) is 13.3. The zero-order chi connectivity index (χ0) is 15.4. The molecule has 1 amide bonds. The van der Waals surface area contributed by atoms with Crippen LogP contribution in [0.2, 0.25) is 0 Å². The van der Waals surface area contributed by atoms with E-state index in [4.69, 9.17) is 4.74 Å². The molecule has 1 aromatic rings. The number of nitrogens with zero attached hydrogens (tertiary/aromatic N) is 3. The van der Waals surface area contributed by atoms with E-state index < -0.39 is 0 Å². The van der Waals surface area contributed by atoms with Crippen LogP contribution >= 0.6 is 0 Å². The molecule has 6 heteroatoms. The summed E-state index contributed by atoms with van der Waals surface area (Å²) in [6.07, 6.45) is 7.90. The highest BCUT2D eigenvalue weighted by molar-refractivity contribution is 5.92. The van der Waals surface area contributed by atoms with Crippen LogP contribution in [0.3, 0.4) is 0 Å². The number of carbonyl (C=O) groups excluding carboxylic acids is 1. The number of hydrogen-bond donors (Lipinski definition) is 1. The lowest BCUT2D eigenvalue weighted by molar-refractivity contribution is -0.00996. The van der Waals surface area contributed by atoms with Crippen molar-refractivity contribution in [3.63, 3.8) is 0 Å². The van der Waals surface area contributed by atoms with Gasteiger partial charge in [0.15, 0.2) is 0 Å². The van der Waals surface area contributed by atoms with Crippen LogP contribution in [-0.4, -0.2) is 59.0 Å². The fourth-order valence-corrected chi connectivity index (χ4v) is 3.29. The van der Waals surface area contributed by atoms with Gasteiger partial charge >= 0.3 is 0 Å². The van der Waals surface area contributed by atoms with Crippen molar-refractivity contribution < 1.29 is 9.53 Å². The Labute approximate surface area is 131 Å². The number of nitrogens with one attached hydrogen (secondary N) is 1. The number of aryl methyl sites for hydroxylation is 1. The van der Waals surface area contributed by atoms with E-state index in [9.17, 15) is 4.79 Å². The number of piperidine rings is 1. The molecule has 3 heterocycles. The van der Waals surface area contributed by atoms with Gasteiger partial charge in [-0.25, -0.2) is 0 Å². The molecule has 1 unspecified atom stereocenters. The lowest BCUT2D eigenvalue weighted by atomic mass is 10.0. The van der Waals surface area contributed by atoms with Gasteiger partial charge in [0.25, 0.3) is 5.91 Å². The summed E-state index contributed by atoms with van der Waals surface area (Å²) < 4.78 is 7.46. The Balaban J connectivity index is 1.40. The molecular weight excluding hydrogens is 280 g/mol. The van der Waals surface area contributed by atoms with E-state index in [1.54, 1.807) is 16.9 Å². The lowest BCUT2D eigenvalue weighted by Crippen LogP contribution is -2.47. The second-order valence-electron chi connectivity index (χ2n) is 6.41. The molecule has 1 aromatic heterocycles. The van der Waals surface area contributed by atoms with E-state index in [0.717, 1.165) is 39.1 Å². The molecule has 0 radical (unpaired) electrons. The Morgan fingerprint density at radius 1 is 1.36 bits per heavy atom. The molecule has 122 valence electrons. The van der Waals surface area contributed by atoms with E-state index in [-0.39, 0.29) is 11.9 Å². The molecule has 1 atom stereocenters. The van der Waals surface area contributed by atoms with Crippen LogP contribution in [0.15, 0.2) is 12.3 Å². The number of ether oxygens (including phenoxy) is 1. The number of aromatic nitrogens is 2. The van der Waals surface area contributed by atoms with Crippen molar-refractivity contribution in [2.24, 2.45) is 7.05 Å². The van der Waals surface area contributed by atoms with Gasteiger partial charge in [-0.2, -0.15) is 5.10 Å². The molecule has 0 aromatic carbocycles. The molecule has 0 aliphatic carbocycles. The molecule has 2 aliphatic rings. The van der Waals surface area contributed by atoms with Gasteiger partial charge in [-0.3, -0.25) is 9.48 Å². The standard InChI is InChI=1S/C16H26N4O2/c1-19-8-7-15(18-19)16(21)17-13-5-9-20(10-6-13)12-14-4-2-3-11-22-14/h7-8,13-14H,2-6,9-12H2,1H3,(H,17,21). The first-order valence-corrected chi connectivity index (χ1v) is 8.35. The fraction of sp³-hybridized carbons (Fsp3) is 0.750. The van der Waals surface area contributed by atoms with Crippen molar-refractivity contribution in [1.29, 1.82) is 0 Å². The molecule has 1 N–H and O–H groups in total. The Morgan fingerprint density at radius 3 is 2.82 bits per heavy atom. The molecule has 0 bridgehead atoms. The van der Waals surface area contributed by atoms with E-state index in [0.29, 0.717) is 11.8 Å². The number of hydrogen-bond acceptors (Lipinski definition) is 4. The maximum atomic E-state index is 12.1. The summed E-state index contributed by atoms with van der Waals surface area (Å²) in [4.78, 5) is 14.6. The minimum absolute atomic E-state index is 0.0605. The normalized spacial score (nSPS) is 24.3. The summed E-state index contributed by atoms with van der Waals surface area (Å²) >= 11 is 0. The zero-order valence-electron chi connectivity index (χ0n) is 13.3. The molecule has 0 saturated carbocycles. The van der Waals surface area contributed by atoms with Crippen molar-refractivity contribution in [2.45, 2.75) is 44.2 Å². The second-order valence-corrected chi connectivity index (χ2v) is 6.41. The van der Waals surface area contributed by atoms with Gasteiger partial charge in [0.2, 0.25) is 0 Å². The van der Waals surface area contributed by atoms with Crippen molar-refractivity contribution in [1.82, 2.24) is 20.0 Å². The topological polar surface area (TPSA) is 59.4 Å². The average Bonchev–Trinajstić information content (AvgIpc) is 2.97. The van der Waals surface area contributed by atoms with Gasteiger partial charge < -0.3 is 15.0 Å². The Hall–Kier alpha value is -1.40. The number of amides is 1. The van der Waals surface area contributed by atoms with Gasteiger partial charge in [0, 0.05) is 45.5 Å². The third kappa shape index (κ3) is 4.08. The molecule has 6 nitrogen and oxygen atoms in total.